The minimum Gasteiger partial charge on any atom is -0.496 e. The second-order valence-electron chi connectivity index (χ2n) is 9.32. The van der Waals surface area contributed by atoms with Gasteiger partial charge >= 0.3 is 5.97 Å². The number of benzene rings is 3. The molecule has 1 fully saturated rings. The third-order valence-corrected chi connectivity index (χ3v) is 6.99. The van der Waals surface area contributed by atoms with Crippen LogP contribution in [0, 0.1) is 11.6 Å². The molecule has 5 aromatic rings. The summed E-state index contributed by atoms with van der Waals surface area (Å²) >= 11 is 0. The quantitative estimate of drug-likeness (QED) is 0.259. The highest BCUT2D eigenvalue weighted by molar-refractivity contribution is 6.06. The van der Waals surface area contributed by atoms with Crippen molar-refractivity contribution in [2.75, 3.05) is 20.3 Å². The molecule has 0 unspecified atom stereocenters. The summed E-state index contributed by atoms with van der Waals surface area (Å²) < 4.78 is 45.5. The predicted molar refractivity (Wildman–Crippen MR) is 140 cm³/mol. The fraction of sp³-hybridized carbons (Fsp3) is 0.207. The van der Waals surface area contributed by atoms with Gasteiger partial charge < -0.3 is 19.3 Å². The highest BCUT2D eigenvalue weighted by atomic mass is 19.2. The summed E-state index contributed by atoms with van der Waals surface area (Å²) in [6, 6.07) is 12.0. The molecule has 0 radical (unpaired) electrons. The van der Waals surface area contributed by atoms with E-state index in [-0.39, 0.29) is 23.1 Å². The first-order valence-electron chi connectivity index (χ1n) is 12.4. The van der Waals surface area contributed by atoms with Crippen LogP contribution in [0.4, 0.5) is 8.78 Å². The van der Waals surface area contributed by atoms with Gasteiger partial charge in [0.1, 0.15) is 17.1 Å². The van der Waals surface area contributed by atoms with Gasteiger partial charge in [0.2, 0.25) is 5.88 Å². The van der Waals surface area contributed by atoms with E-state index in [2.05, 4.69) is 10.2 Å². The first kappa shape index (κ1) is 24.7. The van der Waals surface area contributed by atoms with Gasteiger partial charge in [0.05, 0.1) is 24.5 Å². The van der Waals surface area contributed by atoms with Crippen molar-refractivity contribution in [2.45, 2.75) is 18.8 Å². The van der Waals surface area contributed by atoms with Crippen molar-refractivity contribution >= 4 is 27.6 Å². The molecular weight excluding hydrogens is 508 g/mol. The summed E-state index contributed by atoms with van der Waals surface area (Å²) in [5.41, 5.74) is 2.60. The van der Waals surface area contributed by atoms with Crippen molar-refractivity contribution < 1.29 is 32.9 Å². The van der Waals surface area contributed by atoms with Gasteiger partial charge in [-0.25, -0.2) is 18.6 Å². The van der Waals surface area contributed by atoms with Crippen molar-refractivity contribution in [1.29, 1.82) is 0 Å². The number of hydrogen-bond donors (Lipinski definition) is 2. The fourth-order valence-electron chi connectivity index (χ4n) is 5.06. The zero-order valence-corrected chi connectivity index (χ0v) is 20.8. The summed E-state index contributed by atoms with van der Waals surface area (Å²) in [4.78, 5) is 16.5. The number of aromatic carboxylic acids is 1. The van der Waals surface area contributed by atoms with Gasteiger partial charge in [-0.05, 0) is 60.2 Å². The third kappa shape index (κ3) is 4.52. The van der Waals surface area contributed by atoms with Crippen LogP contribution in [0.2, 0.25) is 0 Å². The van der Waals surface area contributed by atoms with Crippen LogP contribution < -0.4 is 9.47 Å². The lowest BCUT2D eigenvalue weighted by molar-refractivity contribution is 0.0693. The number of carbonyl (C=O) groups is 1. The van der Waals surface area contributed by atoms with Crippen molar-refractivity contribution in [2.24, 2.45) is 0 Å². The minimum absolute atomic E-state index is 0.00147. The van der Waals surface area contributed by atoms with Crippen LogP contribution in [0.3, 0.4) is 0 Å². The van der Waals surface area contributed by atoms with Gasteiger partial charge in [0, 0.05) is 41.5 Å². The topological polar surface area (TPSA) is 107 Å². The Kier molecular flexibility index (Phi) is 6.32. The molecule has 3 aromatic carbocycles. The summed E-state index contributed by atoms with van der Waals surface area (Å²) in [5, 5.41) is 18.7. The molecule has 1 aliphatic heterocycles. The van der Waals surface area contributed by atoms with Crippen molar-refractivity contribution in [3.63, 3.8) is 0 Å². The Labute approximate surface area is 221 Å². The molecule has 0 atom stereocenters. The minimum atomic E-state index is -1.12. The zero-order valence-electron chi connectivity index (χ0n) is 20.8. The Balaban J connectivity index is 1.61. The van der Waals surface area contributed by atoms with Gasteiger partial charge in [-0.2, -0.15) is 5.10 Å². The van der Waals surface area contributed by atoms with E-state index in [0.29, 0.717) is 54.0 Å². The maximum Gasteiger partial charge on any atom is 0.339 e. The molecule has 10 heteroatoms. The normalized spacial score (nSPS) is 14.1. The zero-order chi connectivity index (χ0) is 27.1. The van der Waals surface area contributed by atoms with Gasteiger partial charge in [-0.1, -0.05) is 6.07 Å². The molecule has 3 heterocycles. The summed E-state index contributed by atoms with van der Waals surface area (Å²) in [6.45, 7) is 1.10. The third-order valence-electron chi connectivity index (χ3n) is 6.99. The number of carboxylic acid groups (broad SMARTS) is 1. The highest BCUT2D eigenvalue weighted by Gasteiger charge is 2.26. The van der Waals surface area contributed by atoms with Crippen LogP contribution in [-0.4, -0.2) is 46.6 Å². The molecule has 0 amide bonds. The number of rotatable bonds is 6. The highest BCUT2D eigenvalue weighted by Crippen LogP contribution is 2.44. The van der Waals surface area contributed by atoms with E-state index in [0.717, 1.165) is 22.4 Å². The number of halogens is 2. The van der Waals surface area contributed by atoms with Crippen molar-refractivity contribution in [3.05, 3.63) is 77.6 Å². The van der Waals surface area contributed by atoms with Crippen LogP contribution in [0.25, 0.3) is 32.8 Å². The molecule has 0 saturated carbocycles. The summed E-state index contributed by atoms with van der Waals surface area (Å²) in [5.74, 6) is -2.27. The number of aromatic nitrogens is 3. The number of aromatic amines is 1. The van der Waals surface area contributed by atoms with E-state index in [9.17, 15) is 18.7 Å². The number of ether oxygens (including phenoxy) is 3. The van der Waals surface area contributed by atoms with Gasteiger partial charge in [0.15, 0.2) is 11.6 Å². The van der Waals surface area contributed by atoms with Crippen molar-refractivity contribution in [3.8, 4) is 28.5 Å². The van der Waals surface area contributed by atoms with Crippen LogP contribution in [-0.2, 0) is 4.74 Å². The van der Waals surface area contributed by atoms with E-state index >= 15 is 0 Å². The number of nitrogens with one attached hydrogen (secondary N) is 1. The standard InChI is InChI=1S/C29H23F2N3O5/c1-37-25-12-18(3-4-19(25)29(35)36)39-28-21-13-24-17(14-32-34-24)10-20(21)26(16-2-5-22(30)23(31)11-16)27(33-28)15-6-8-38-9-7-15/h2-5,10-15H,6-9H2,1H3,(H,32,34)(H,35,36). The summed E-state index contributed by atoms with van der Waals surface area (Å²) in [7, 11) is 1.38. The summed E-state index contributed by atoms with van der Waals surface area (Å²) in [6.07, 6.45) is 3.09. The molecule has 198 valence electrons. The van der Waals surface area contributed by atoms with Crippen LogP contribution in [0.1, 0.15) is 34.8 Å². The number of hydrogen-bond acceptors (Lipinski definition) is 6. The molecule has 1 saturated heterocycles. The van der Waals surface area contributed by atoms with E-state index in [4.69, 9.17) is 19.2 Å². The largest absolute Gasteiger partial charge is 0.496 e. The average Bonchev–Trinajstić information content (AvgIpc) is 3.41. The Hall–Kier alpha value is -4.57. The second-order valence-corrected chi connectivity index (χ2v) is 9.32. The average molecular weight is 532 g/mol. The molecule has 8 nitrogen and oxygen atoms in total. The lowest BCUT2D eigenvalue weighted by Gasteiger charge is -2.26. The molecular formula is C29H23F2N3O5. The Morgan fingerprint density at radius 1 is 1.05 bits per heavy atom. The molecule has 2 N–H and O–H groups in total. The second kappa shape index (κ2) is 9.95. The molecule has 2 aromatic heterocycles. The van der Waals surface area contributed by atoms with E-state index in [1.54, 1.807) is 12.3 Å². The lowest BCUT2D eigenvalue weighted by Crippen LogP contribution is -2.16. The molecule has 0 bridgehead atoms. The molecule has 39 heavy (non-hydrogen) atoms. The lowest BCUT2D eigenvalue weighted by atomic mass is 9.87. The Bertz CT molecular complexity index is 1730. The van der Waals surface area contributed by atoms with Gasteiger partial charge in [-0.3, -0.25) is 5.10 Å². The number of pyridine rings is 1. The smallest absolute Gasteiger partial charge is 0.339 e. The Morgan fingerprint density at radius 3 is 2.62 bits per heavy atom. The number of nitrogens with zero attached hydrogens (tertiary/aromatic N) is 2. The number of carboxylic acids is 1. The van der Waals surface area contributed by atoms with Gasteiger partial charge in [0.25, 0.3) is 0 Å². The fourth-order valence-corrected chi connectivity index (χ4v) is 5.06. The maximum absolute atomic E-state index is 14.5. The van der Waals surface area contributed by atoms with Crippen LogP contribution >= 0.6 is 0 Å². The molecule has 1 aliphatic rings. The number of fused-ring (bicyclic) bond motifs is 2. The van der Waals surface area contributed by atoms with Crippen LogP contribution in [0.5, 0.6) is 17.4 Å². The molecule has 0 spiro atoms. The number of methoxy groups -OCH3 is 1. The first-order valence-corrected chi connectivity index (χ1v) is 12.4. The van der Waals surface area contributed by atoms with Gasteiger partial charge in [-0.15, -0.1) is 0 Å². The molecule has 0 aliphatic carbocycles. The Morgan fingerprint density at radius 2 is 1.87 bits per heavy atom. The number of H-pyrrole nitrogens is 1. The van der Waals surface area contributed by atoms with E-state index in [1.807, 2.05) is 12.1 Å². The SMILES string of the molecule is COc1cc(Oc2nc(C3CCOCC3)c(-c3ccc(F)c(F)c3)c3cc4cn[nH]c4cc23)ccc1C(=O)O. The predicted octanol–water partition coefficient (Wildman–Crippen LogP) is 6.45. The van der Waals surface area contributed by atoms with Crippen molar-refractivity contribution in [1.82, 2.24) is 15.2 Å². The monoisotopic (exact) mass is 531 g/mol. The first-order chi connectivity index (χ1) is 18.9. The van der Waals surface area contributed by atoms with E-state index < -0.39 is 17.6 Å². The van der Waals surface area contributed by atoms with E-state index in [1.165, 1.54) is 31.4 Å². The molecule has 6 rings (SSSR count). The maximum atomic E-state index is 14.5. The van der Waals surface area contributed by atoms with Crippen LogP contribution in [0.15, 0.2) is 54.7 Å².